The third-order valence-electron chi connectivity index (χ3n) is 4.06. The molecule has 0 atom stereocenters. The molecule has 27 heavy (non-hydrogen) atoms. The van der Waals surface area contributed by atoms with E-state index in [0.29, 0.717) is 16.7 Å². The highest BCUT2D eigenvalue weighted by molar-refractivity contribution is 7.88. The molecule has 8 nitrogen and oxygen atoms in total. The van der Waals surface area contributed by atoms with Crippen LogP contribution < -0.4 is 15.8 Å². The summed E-state index contributed by atoms with van der Waals surface area (Å²) in [6.07, 6.45) is 0. The predicted molar refractivity (Wildman–Crippen MR) is 100 cm³/mol. The zero-order valence-corrected chi connectivity index (χ0v) is 15.5. The minimum absolute atomic E-state index is 0.105. The molecule has 0 unspecified atom stereocenters. The molecule has 0 aliphatic heterocycles. The van der Waals surface area contributed by atoms with E-state index in [1.165, 1.54) is 11.6 Å². The SMILES string of the molecule is CNS(=O)(=O)Cc1ccc(CNC(=O)Cn2c(=O)oc3ccccc32)cc1. The van der Waals surface area contributed by atoms with E-state index >= 15 is 0 Å². The van der Waals surface area contributed by atoms with Crippen LogP contribution in [0.15, 0.2) is 57.7 Å². The fraction of sp³-hybridized carbons (Fsp3) is 0.222. The molecule has 2 aromatic carbocycles. The fourth-order valence-electron chi connectivity index (χ4n) is 2.61. The number of oxazole rings is 1. The van der Waals surface area contributed by atoms with Gasteiger partial charge in [-0.1, -0.05) is 36.4 Å². The largest absolute Gasteiger partial charge is 0.420 e. The van der Waals surface area contributed by atoms with Gasteiger partial charge in [-0.15, -0.1) is 0 Å². The molecule has 0 saturated heterocycles. The average Bonchev–Trinajstić information content (AvgIpc) is 2.96. The van der Waals surface area contributed by atoms with Gasteiger partial charge < -0.3 is 9.73 Å². The van der Waals surface area contributed by atoms with E-state index in [1.807, 2.05) is 0 Å². The molecule has 142 valence electrons. The van der Waals surface area contributed by atoms with Crippen LogP contribution >= 0.6 is 0 Å². The zero-order chi connectivity index (χ0) is 19.4. The summed E-state index contributed by atoms with van der Waals surface area (Å²) in [6.45, 7) is 0.122. The molecule has 0 radical (unpaired) electrons. The van der Waals surface area contributed by atoms with Crippen LogP contribution in [0, 0.1) is 0 Å². The van der Waals surface area contributed by atoms with Crippen LogP contribution in [0.1, 0.15) is 11.1 Å². The van der Waals surface area contributed by atoms with Crippen LogP contribution in [0.5, 0.6) is 0 Å². The van der Waals surface area contributed by atoms with Crippen LogP contribution in [0.3, 0.4) is 0 Å². The summed E-state index contributed by atoms with van der Waals surface area (Å²) in [5.74, 6) is -1.01. The normalized spacial score (nSPS) is 11.6. The maximum atomic E-state index is 12.2. The number of sulfonamides is 1. The first-order chi connectivity index (χ1) is 12.9. The van der Waals surface area contributed by atoms with E-state index in [9.17, 15) is 18.0 Å². The van der Waals surface area contributed by atoms with E-state index in [2.05, 4.69) is 10.0 Å². The minimum atomic E-state index is -3.32. The molecule has 0 aliphatic rings. The van der Waals surface area contributed by atoms with Gasteiger partial charge in [0.05, 0.1) is 11.3 Å². The Labute approximate surface area is 155 Å². The number of hydrogen-bond acceptors (Lipinski definition) is 5. The fourth-order valence-corrected chi connectivity index (χ4v) is 3.38. The molecule has 0 fully saturated rings. The van der Waals surface area contributed by atoms with Gasteiger partial charge in [0.25, 0.3) is 0 Å². The molecule has 3 rings (SSSR count). The van der Waals surface area contributed by atoms with E-state index in [-0.39, 0.29) is 24.7 Å². The average molecular weight is 389 g/mol. The molecule has 3 aromatic rings. The first kappa shape index (κ1) is 18.9. The Morgan fingerprint density at radius 3 is 2.44 bits per heavy atom. The van der Waals surface area contributed by atoms with Gasteiger partial charge in [0, 0.05) is 6.54 Å². The lowest BCUT2D eigenvalue weighted by Gasteiger charge is -2.07. The van der Waals surface area contributed by atoms with Crippen molar-refractivity contribution in [2.24, 2.45) is 0 Å². The Bertz CT molecular complexity index is 1110. The number of carbonyl (C=O) groups excluding carboxylic acids is 1. The lowest BCUT2D eigenvalue weighted by molar-refractivity contribution is -0.121. The zero-order valence-electron chi connectivity index (χ0n) is 14.6. The molecule has 1 heterocycles. The highest BCUT2D eigenvalue weighted by Gasteiger charge is 2.12. The monoisotopic (exact) mass is 389 g/mol. The van der Waals surface area contributed by atoms with Gasteiger partial charge in [-0.3, -0.25) is 9.36 Å². The highest BCUT2D eigenvalue weighted by atomic mass is 32.2. The van der Waals surface area contributed by atoms with E-state index in [1.54, 1.807) is 48.5 Å². The van der Waals surface area contributed by atoms with Crippen molar-refractivity contribution in [3.63, 3.8) is 0 Å². The van der Waals surface area contributed by atoms with Gasteiger partial charge >= 0.3 is 5.76 Å². The second kappa shape index (κ2) is 7.77. The summed E-state index contributed by atoms with van der Waals surface area (Å²) < 4.78 is 31.7. The molecular weight excluding hydrogens is 370 g/mol. The third kappa shape index (κ3) is 4.63. The Hall–Kier alpha value is -2.91. The first-order valence-corrected chi connectivity index (χ1v) is 9.87. The summed E-state index contributed by atoms with van der Waals surface area (Å²) in [5.41, 5.74) is 2.46. The van der Waals surface area contributed by atoms with Gasteiger partial charge in [-0.05, 0) is 30.3 Å². The lowest BCUT2D eigenvalue weighted by atomic mass is 10.1. The molecule has 9 heteroatoms. The number of hydrogen-bond donors (Lipinski definition) is 2. The van der Waals surface area contributed by atoms with E-state index < -0.39 is 15.8 Å². The van der Waals surface area contributed by atoms with Gasteiger partial charge in [-0.25, -0.2) is 17.9 Å². The van der Waals surface area contributed by atoms with Crippen LogP contribution in [0.4, 0.5) is 0 Å². The Kier molecular flexibility index (Phi) is 5.43. The molecule has 0 saturated carbocycles. The van der Waals surface area contributed by atoms with Crippen molar-refractivity contribution < 1.29 is 17.6 Å². The topological polar surface area (TPSA) is 110 Å². The standard InChI is InChI=1S/C18H19N3O5S/c1-19-27(24,25)12-14-8-6-13(7-9-14)10-20-17(22)11-21-15-4-2-3-5-16(15)26-18(21)23/h2-9,19H,10-12H2,1H3,(H,20,22). The minimum Gasteiger partial charge on any atom is -0.408 e. The predicted octanol–water partition coefficient (Wildman–Crippen LogP) is 0.960. The molecule has 1 aromatic heterocycles. The number of amides is 1. The van der Waals surface area contributed by atoms with Gasteiger partial charge in [0.2, 0.25) is 15.9 Å². The maximum Gasteiger partial charge on any atom is 0.420 e. The smallest absolute Gasteiger partial charge is 0.408 e. The maximum absolute atomic E-state index is 12.2. The van der Waals surface area contributed by atoms with Crippen molar-refractivity contribution in [1.82, 2.24) is 14.6 Å². The van der Waals surface area contributed by atoms with Crippen LogP contribution in [0.2, 0.25) is 0 Å². The molecule has 2 N–H and O–H groups in total. The number of aromatic nitrogens is 1. The lowest BCUT2D eigenvalue weighted by Crippen LogP contribution is -2.30. The van der Waals surface area contributed by atoms with Gasteiger partial charge in [-0.2, -0.15) is 0 Å². The Morgan fingerprint density at radius 2 is 1.74 bits per heavy atom. The number of para-hydroxylation sites is 2. The second-order valence-electron chi connectivity index (χ2n) is 5.98. The van der Waals surface area contributed by atoms with E-state index in [0.717, 1.165) is 5.56 Å². The van der Waals surface area contributed by atoms with Crippen molar-refractivity contribution in [3.05, 3.63) is 70.2 Å². The van der Waals surface area contributed by atoms with Crippen LogP contribution in [0.25, 0.3) is 11.1 Å². The summed E-state index contributed by atoms with van der Waals surface area (Å²) in [4.78, 5) is 24.1. The number of carbonyl (C=O) groups is 1. The Balaban J connectivity index is 1.61. The van der Waals surface area contributed by atoms with E-state index in [4.69, 9.17) is 4.42 Å². The quantitative estimate of drug-likeness (QED) is 0.625. The van der Waals surface area contributed by atoms with Crippen molar-refractivity contribution in [2.45, 2.75) is 18.8 Å². The number of nitrogens with zero attached hydrogens (tertiary/aromatic N) is 1. The highest BCUT2D eigenvalue weighted by Crippen LogP contribution is 2.11. The molecule has 0 aliphatic carbocycles. The first-order valence-electron chi connectivity index (χ1n) is 8.22. The summed E-state index contributed by atoms with van der Waals surface area (Å²) in [6, 6.07) is 13.8. The second-order valence-corrected chi connectivity index (χ2v) is 7.90. The van der Waals surface area contributed by atoms with Gasteiger partial charge in [0.1, 0.15) is 6.54 Å². The summed E-state index contributed by atoms with van der Waals surface area (Å²) in [7, 11) is -1.95. The van der Waals surface area contributed by atoms with Crippen molar-refractivity contribution in [3.8, 4) is 0 Å². The number of rotatable bonds is 7. The molecule has 0 bridgehead atoms. The Morgan fingerprint density at radius 1 is 1.07 bits per heavy atom. The molecule has 0 spiro atoms. The number of nitrogens with one attached hydrogen (secondary N) is 2. The van der Waals surface area contributed by atoms with Crippen molar-refractivity contribution >= 4 is 27.0 Å². The van der Waals surface area contributed by atoms with Crippen molar-refractivity contribution in [1.29, 1.82) is 0 Å². The summed E-state index contributed by atoms with van der Waals surface area (Å²) in [5, 5.41) is 2.74. The molecule has 1 amide bonds. The summed E-state index contributed by atoms with van der Waals surface area (Å²) >= 11 is 0. The number of fused-ring (bicyclic) bond motifs is 1. The van der Waals surface area contributed by atoms with Crippen LogP contribution in [-0.4, -0.2) is 25.9 Å². The van der Waals surface area contributed by atoms with Gasteiger partial charge in [0.15, 0.2) is 5.58 Å². The van der Waals surface area contributed by atoms with Crippen LogP contribution in [-0.2, 0) is 33.7 Å². The number of benzene rings is 2. The van der Waals surface area contributed by atoms with Crippen molar-refractivity contribution in [2.75, 3.05) is 7.05 Å². The molecular formula is C18H19N3O5S. The third-order valence-corrected chi connectivity index (χ3v) is 5.39.